The molecule has 0 radical (unpaired) electrons. The molecule has 0 amide bonds. The van der Waals surface area contributed by atoms with Gasteiger partial charge in [-0.1, -0.05) is 5.21 Å². The summed E-state index contributed by atoms with van der Waals surface area (Å²) in [5.74, 6) is -0.877. The topological polar surface area (TPSA) is 50.9 Å². The number of aliphatic hydroxyl groups is 1. The summed E-state index contributed by atoms with van der Waals surface area (Å²) in [5.41, 5.74) is -1.70. The molecule has 0 saturated carbocycles. The van der Waals surface area contributed by atoms with Crippen molar-refractivity contribution in [2.24, 2.45) is 7.05 Å². The maximum Gasteiger partial charge on any atom is 0.416 e. The Kier molecular flexibility index (Phi) is 3.83. The summed E-state index contributed by atoms with van der Waals surface area (Å²) in [5, 5.41) is 17.2. The van der Waals surface area contributed by atoms with E-state index in [1.54, 1.807) is 0 Å². The fourth-order valence-electron chi connectivity index (χ4n) is 1.79. The zero-order chi connectivity index (χ0) is 15.1. The van der Waals surface area contributed by atoms with Gasteiger partial charge in [-0.15, -0.1) is 5.10 Å². The van der Waals surface area contributed by atoms with Crippen LogP contribution in [0.5, 0.6) is 0 Å². The van der Waals surface area contributed by atoms with Crippen LogP contribution in [-0.2, 0) is 13.2 Å². The summed E-state index contributed by atoms with van der Waals surface area (Å²) in [6.07, 6.45) is -6.42. The Balaban J connectivity index is 2.60. The van der Waals surface area contributed by atoms with E-state index in [-0.39, 0.29) is 10.3 Å². The van der Waals surface area contributed by atoms with Crippen molar-refractivity contribution in [2.75, 3.05) is 0 Å². The van der Waals surface area contributed by atoms with Gasteiger partial charge in [-0.2, -0.15) is 13.2 Å². The molecule has 108 valence electrons. The van der Waals surface area contributed by atoms with Crippen molar-refractivity contribution in [2.45, 2.75) is 12.3 Å². The van der Waals surface area contributed by atoms with Crippen molar-refractivity contribution in [3.63, 3.8) is 0 Å². The minimum absolute atomic E-state index is 0.00102. The zero-order valence-electron chi connectivity index (χ0n) is 9.99. The second-order valence-corrected chi connectivity index (χ2v) is 4.77. The summed E-state index contributed by atoms with van der Waals surface area (Å²) in [6, 6.07) is 1.92. The Hall–Kier alpha value is -1.48. The Morgan fingerprint density at radius 3 is 2.50 bits per heavy atom. The number of benzene rings is 1. The van der Waals surface area contributed by atoms with Crippen LogP contribution in [0, 0.1) is 5.82 Å². The van der Waals surface area contributed by atoms with Crippen molar-refractivity contribution in [3.05, 3.63) is 45.4 Å². The van der Waals surface area contributed by atoms with E-state index in [2.05, 4.69) is 26.2 Å². The quantitative estimate of drug-likeness (QED) is 0.844. The molecule has 1 unspecified atom stereocenters. The molecule has 2 aromatic rings. The lowest BCUT2D eigenvalue weighted by Gasteiger charge is -2.17. The second-order valence-electron chi connectivity index (χ2n) is 4.02. The standard InChI is InChI=1S/C11H8BrF4N3O/c1-19-8(10(12)17-18-19)9(20)6-4-5(13)2-3-7(6)11(14,15)16/h2-4,9,20H,1H3. The van der Waals surface area contributed by atoms with Crippen LogP contribution in [0.4, 0.5) is 17.6 Å². The van der Waals surface area contributed by atoms with Crippen LogP contribution in [0.15, 0.2) is 22.8 Å². The minimum atomic E-state index is -4.71. The van der Waals surface area contributed by atoms with E-state index in [1.165, 1.54) is 7.05 Å². The van der Waals surface area contributed by atoms with E-state index >= 15 is 0 Å². The van der Waals surface area contributed by atoms with Gasteiger partial charge in [0.05, 0.1) is 5.56 Å². The Morgan fingerprint density at radius 1 is 1.35 bits per heavy atom. The number of rotatable bonds is 2. The summed E-state index contributed by atoms with van der Waals surface area (Å²) in [6.45, 7) is 0. The third-order valence-electron chi connectivity index (χ3n) is 2.70. The molecule has 1 N–H and O–H groups in total. The van der Waals surface area contributed by atoms with Crippen LogP contribution in [0.25, 0.3) is 0 Å². The van der Waals surface area contributed by atoms with Gasteiger partial charge in [0.1, 0.15) is 17.6 Å². The van der Waals surface area contributed by atoms with Gasteiger partial charge >= 0.3 is 6.18 Å². The molecule has 0 bridgehead atoms. The number of aromatic nitrogens is 3. The van der Waals surface area contributed by atoms with Crippen molar-refractivity contribution < 1.29 is 22.7 Å². The van der Waals surface area contributed by atoms with Gasteiger partial charge in [0.2, 0.25) is 0 Å². The molecule has 1 aromatic heterocycles. The number of halogens is 5. The van der Waals surface area contributed by atoms with Crippen molar-refractivity contribution in [1.29, 1.82) is 0 Å². The lowest BCUT2D eigenvalue weighted by atomic mass is 10.00. The van der Waals surface area contributed by atoms with Crippen LogP contribution in [0.1, 0.15) is 22.9 Å². The van der Waals surface area contributed by atoms with Crippen LogP contribution in [-0.4, -0.2) is 20.1 Å². The third kappa shape index (κ3) is 2.68. The summed E-state index contributed by atoms with van der Waals surface area (Å²) in [4.78, 5) is 0. The Bertz CT molecular complexity index is 622. The molecular weight excluding hydrogens is 346 g/mol. The van der Waals surface area contributed by atoms with Gasteiger partial charge in [-0.25, -0.2) is 9.07 Å². The number of aryl methyl sites for hydroxylation is 1. The maximum absolute atomic E-state index is 13.2. The highest BCUT2D eigenvalue weighted by Gasteiger charge is 2.36. The van der Waals surface area contributed by atoms with E-state index in [1.807, 2.05) is 0 Å². The molecule has 0 saturated heterocycles. The van der Waals surface area contributed by atoms with Crippen LogP contribution in [0.3, 0.4) is 0 Å². The fraction of sp³-hybridized carbons (Fsp3) is 0.273. The molecule has 0 fully saturated rings. The van der Waals surface area contributed by atoms with Gasteiger partial charge in [0.15, 0.2) is 4.60 Å². The molecule has 1 atom stereocenters. The lowest BCUT2D eigenvalue weighted by Crippen LogP contribution is -2.15. The predicted octanol–water partition coefficient (Wildman–Crippen LogP) is 2.82. The first-order valence-electron chi connectivity index (χ1n) is 5.31. The van der Waals surface area contributed by atoms with Crippen LogP contribution >= 0.6 is 15.9 Å². The number of hydrogen-bond acceptors (Lipinski definition) is 3. The molecule has 4 nitrogen and oxygen atoms in total. The molecule has 9 heteroatoms. The van der Waals surface area contributed by atoms with Crippen molar-refractivity contribution in [1.82, 2.24) is 15.0 Å². The molecule has 0 aliphatic carbocycles. The smallest absolute Gasteiger partial charge is 0.382 e. The number of alkyl halides is 3. The van der Waals surface area contributed by atoms with Crippen molar-refractivity contribution in [3.8, 4) is 0 Å². The first kappa shape index (κ1) is 14.9. The van der Waals surface area contributed by atoms with E-state index in [4.69, 9.17) is 0 Å². The van der Waals surface area contributed by atoms with E-state index < -0.39 is 29.2 Å². The minimum Gasteiger partial charge on any atom is -0.382 e. The van der Waals surface area contributed by atoms with Gasteiger partial charge in [-0.3, -0.25) is 0 Å². The van der Waals surface area contributed by atoms with Crippen LogP contribution < -0.4 is 0 Å². The average Bonchev–Trinajstić information content (AvgIpc) is 2.66. The molecule has 0 aliphatic rings. The highest BCUT2D eigenvalue weighted by Crippen LogP contribution is 2.37. The summed E-state index contributed by atoms with van der Waals surface area (Å²) >= 11 is 2.98. The van der Waals surface area contributed by atoms with Gasteiger partial charge in [0.25, 0.3) is 0 Å². The van der Waals surface area contributed by atoms with E-state index in [0.29, 0.717) is 18.2 Å². The first-order valence-corrected chi connectivity index (χ1v) is 6.11. The second kappa shape index (κ2) is 5.13. The Morgan fingerprint density at radius 2 is 2.00 bits per heavy atom. The molecule has 0 aliphatic heterocycles. The molecule has 2 rings (SSSR count). The normalized spacial score (nSPS) is 13.6. The fourth-order valence-corrected chi connectivity index (χ4v) is 2.34. The first-order chi connectivity index (χ1) is 9.21. The Labute approximate surface area is 119 Å². The SMILES string of the molecule is Cn1nnc(Br)c1C(O)c1cc(F)ccc1C(F)(F)F. The monoisotopic (exact) mass is 353 g/mol. The predicted molar refractivity (Wildman–Crippen MR) is 64.2 cm³/mol. The highest BCUT2D eigenvalue weighted by molar-refractivity contribution is 9.10. The molecule has 20 heavy (non-hydrogen) atoms. The van der Waals surface area contributed by atoms with Crippen LogP contribution in [0.2, 0.25) is 0 Å². The number of nitrogens with zero attached hydrogens (tertiary/aromatic N) is 3. The van der Waals surface area contributed by atoms with E-state index in [9.17, 15) is 22.7 Å². The maximum atomic E-state index is 13.2. The van der Waals surface area contributed by atoms with Gasteiger partial charge in [-0.05, 0) is 34.1 Å². The summed E-state index contributed by atoms with van der Waals surface area (Å²) < 4.78 is 53.1. The van der Waals surface area contributed by atoms with Gasteiger partial charge < -0.3 is 5.11 Å². The molecule has 0 spiro atoms. The largest absolute Gasteiger partial charge is 0.416 e. The van der Waals surface area contributed by atoms with Crippen molar-refractivity contribution >= 4 is 15.9 Å². The zero-order valence-corrected chi connectivity index (χ0v) is 11.6. The third-order valence-corrected chi connectivity index (χ3v) is 3.26. The molecule has 1 heterocycles. The van der Waals surface area contributed by atoms with E-state index in [0.717, 1.165) is 4.68 Å². The molecule has 1 aromatic carbocycles. The number of hydrogen-bond donors (Lipinski definition) is 1. The molecular formula is C11H8BrF4N3O. The highest BCUT2D eigenvalue weighted by atomic mass is 79.9. The number of aliphatic hydroxyl groups excluding tert-OH is 1. The average molecular weight is 354 g/mol. The summed E-state index contributed by atoms with van der Waals surface area (Å²) in [7, 11) is 1.41. The van der Waals surface area contributed by atoms with Gasteiger partial charge in [0, 0.05) is 12.6 Å². The lowest BCUT2D eigenvalue weighted by molar-refractivity contribution is -0.139.